The third-order valence-electron chi connectivity index (χ3n) is 3.42. The molecule has 1 saturated heterocycles. The molecule has 3 rings (SSSR count). The highest BCUT2D eigenvalue weighted by Gasteiger charge is 2.11. The van der Waals surface area contributed by atoms with Gasteiger partial charge in [0, 0.05) is 42.9 Å². The number of nitrogen functional groups attached to an aromatic ring is 1. The van der Waals surface area contributed by atoms with Crippen LogP contribution in [0.3, 0.4) is 0 Å². The summed E-state index contributed by atoms with van der Waals surface area (Å²) < 4.78 is 0. The third kappa shape index (κ3) is 4.25. The second kappa shape index (κ2) is 7.17. The van der Waals surface area contributed by atoms with E-state index in [-0.39, 0.29) is 5.95 Å². The van der Waals surface area contributed by atoms with Crippen LogP contribution in [0.25, 0.3) is 0 Å². The average molecular weight is 336 g/mol. The molecule has 0 atom stereocenters. The summed E-state index contributed by atoms with van der Waals surface area (Å²) in [5.74, 6) is 3.20. The predicted octanol–water partition coefficient (Wildman–Crippen LogP) is 3.00. The standard InChI is InChI=1S/C15H18ClN5S/c16-13-9-14(20-15(17)19-13)18-12-3-1-2-11(8-12)10-21-4-6-22-7-5-21/h1-3,8-9H,4-7,10H2,(H3,17,18,19,20). The van der Waals surface area contributed by atoms with Crippen molar-refractivity contribution in [3.63, 3.8) is 0 Å². The second-order valence-corrected chi connectivity index (χ2v) is 6.76. The average Bonchev–Trinajstić information content (AvgIpc) is 2.47. The van der Waals surface area contributed by atoms with Crippen molar-refractivity contribution >= 4 is 40.8 Å². The van der Waals surface area contributed by atoms with E-state index in [9.17, 15) is 0 Å². The molecule has 2 heterocycles. The Morgan fingerprint density at radius 2 is 2.05 bits per heavy atom. The van der Waals surface area contributed by atoms with Gasteiger partial charge in [-0.15, -0.1) is 0 Å². The van der Waals surface area contributed by atoms with E-state index in [0.29, 0.717) is 11.0 Å². The van der Waals surface area contributed by atoms with Gasteiger partial charge in [0.05, 0.1) is 0 Å². The van der Waals surface area contributed by atoms with Gasteiger partial charge in [-0.2, -0.15) is 16.7 Å². The number of hydrogen-bond acceptors (Lipinski definition) is 6. The van der Waals surface area contributed by atoms with Gasteiger partial charge in [0.15, 0.2) is 0 Å². The molecule has 22 heavy (non-hydrogen) atoms. The Labute approximate surface area is 139 Å². The van der Waals surface area contributed by atoms with E-state index in [2.05, 4.69) is 32.3 Å². The van der Waals surface area contributed by atoms with Crippen LogP contribution in [-0.4, -0.2) is 39.5 Å². The molecule has 0 saturated carbocycles. The zero-order valence-corrected chi connectivity index (χ0v) is 13.7. The second-order valence-electron chi connectivity index (χ2n) is 5.15. The first-order chi connectivity index (χ1) is 10.7. The number of nitrogens with one attached hydrogen (secondary N) is 1. The largest absolute Gasteiger partial charge is 0.368 e. The van der Waals surface area contributed by atoms with E-state index >= 15 is 0 Å². The molecule has 1 aromatic carbocycles. The Morgan fingerprint density at radius 1 is 1.23 bits per heavy atom. The van der Waals surface area contributed by atoms with Gasteiger partial charge in [-0.3, -0.25) is 4.90 Å². The SMILES string of the molecule is Nc1nc(Cl)cc(Nc2cccc(CN3CCSCC3)c2)n1. The Bertz CT molecular complexity index is 625. The van der Waals surface area contributed by atoms with E-state index < -0.39 is 0 Å². The molecule has 1 fully saturated rings. The van der Waals surface area contributed by atoms with Gasteiger partial charge in [-0.1, -0.05) is 23.7 Å². The van der Waals surface area contributed by atoms with Crippen LogP contribution in [0.5, 0.6) is 0 Å². The lowest BCUT2D eigenvalue weighted by Gasteiger charge is -2.26. The van der Waals surface area contributed by atoms with Gasteiger partial charge in [0.25, 0.3) is 0 Å². The number of aromatic nitrogens is 2. The molecular weight excluding hydrogens is 318 g/mol. The number of halogens is 1. The van der Waals surface area contributed by atoms with E-state index in [1.54, 1.807) is 6.07 Å². The molecule has 116 valence electrons. The lowest BCUT2D eigenvalue weighted by Crippen LogP contribution is -2.31. The molecule has 1 aliphatic heterocycles. The van der Waals surface area contributed by atoms with Crippen LogP contribution in [0, 0.1) is 0 Å². The minimum Gasteiger partial charge on any atom is -0.368 e. The van der Waals surface area contributed by atoms with Crippen LogP contribution in [0.4, 0.5) is 17.5 Å². The zero-order chi connectivity index (χ0) is 15.4. The minimum absolute atomic E-state index is 0.164. The molecule has 3 N–H and O–H groups in total. The van der Waals surface area contributed by atoms with E-state index in [1.807, 2.05) is 23.9 Å². The number of hydrogen-bond donors (Lipinski definition) is 2. The van der Waals surface area contributed by atoms with Crippen molar-refractivity contribution in [3.05, 3.63) is 41.0 Å². The van der Waals surface area contributed by atoms with Crippen molar-refractivity contribution in [2.24, 2.45) is 0 Å². The quantitative estimate of drug-likeness (QED) is 0.837. The molecule has 0 unspecified atom stereocenters. The fourth-order valence-electron chi connectivity index (χ4n) is 2.41. The molecule has 0 bridgehead atoms. The van der Waals surface area contributed by atoms with Crippen molar-refractivity contribution in [2.45, 2.75) is 6.54 Å². The van der Waals surface area contributed by atoms with Crippen molar-refractivity contribution in [3.8, 4) is 0 Å². The first kappa shape index (κ1) is 15.4. The Morgan fingerprint density at radius 3 is 2.82 bits per heavy atom. The molecule has 0 aliphatic carbocycles. The molecule has 1 aliphatic rings. The van der Waals surface area contributed by atoms with Crippen molar-refractivity contribution in [1.82, 2.24) is 14.9 Å². The fourth-order valence-corrected chi connectivity index (χ4v) is 3.58. The topological polar surface area (TPSA) is 67.1 Å². The van der Waals surface area contributed by atoms with Crippen molar-refractivity contribution in [1.29, 1.82) is 0 Å². The van der Waals surface area contributed by atoms with Crippen LogP contribution in [0.2, 0.25) is 5.15 Å². The van der Waals surface area contributed by atoms with Crippen LogP contribution in [-0.2, 0) is 6.54 Å². The molecule has 5 nitrogen and oxygen atoms in total. The Hall–Kier alpha value is -1.50. The van der Waals surface area contributed by atoms with E-state index in [1.165, 1.54) is 17.1 Å². The van der Waals surface area contributed by atoms with Crippen LogP contribution in [0.15, 0.2) is 30.3 Å². The zero-order valence-electron chi connectivity index (χ0n) is 12.1. The highest BCUT2D eigenvalue weighted by Crippen LogP contribution is 2.20. The van der Waals surface area contributed by atoms with Gasteiger partial charge >= 0.3 is 0 Å². The van der Waals surface area contributed by atoms with Crippen LogP contribution < -0.4 is 11.1 Å². The normalized spacial score (nSPS) is 15.7. The van der Waals surface area contributed by atoms with Gasteiger partial charge in [-0.25, -0.2) is 4.98 Å². The van der Waals surface area contributed by atoms with Crippen LogP contribution >= 0.6 is 23.4 Å². The molecule has 1 aromatic heterocycles. The van der Waals surface area contributed by atoms with E-state index in [4.69, 9.17) is 17.3 Å². The monoisotopic (exact) mass is 335 g/mol. The summed E-state index contributed by atoms with van der Waals surface area (Å²) >= 11 is 7.92. The first-order valence-electron chi connectivity index (χ1n) is 7.15. The van der Waals surface area contributed by atoms with Gasteiger partial charge < -0.3 is 11.1 Å². The lowest BCUT2D eigenvalue weighted by molar-refractivity contribution is 0.294. The first-order valence-corrected chi connectivity index (χ1v) is 8.68. The molecule has 2 aromatic rings. The highest BCUT2D eigenvalue weighted by atomic mass is 35.5. The predicted molar refractivity (Wildman–Crippen MR) is 93.8 cm³/mol. The third-order valence-corrected chi connectivity index (χ3v) is 4.56. The number of rotatable bonds is 4. The summed E-state index contributed by atoms with van der Waals surface area (Å²) in [5.41, 5.74) is 7.86. The number of benzene rings is 1. The summed E-state index contributed by atoms with van der Waals surface area (Å²) in [6.45, 7) is 3.28. The summed E-state index contributed by atoms with van der Waals surface area (Å²) in [6.07, 6.45) is 0. The fraction of sp³-hybridized carbons (Fsp3) is 0.333. The smallest absolute Gasteiger partial charge is 0.223 e. The molecule has 0 radical (unpaired) electrons. The van der Waals surface area contributed by atoms with Crippen molar-refractivity contribution in [2.75, 3.05) is 35.6 Å². The van der Waals surface area contributed by atoms with Gasteiger partial charge in [0.1, 0.15) is 11.0 Å². The summed E-state index contributed by atoms with van der Waals surface area (Å²) in [7, 11) is 0. The number of anilines is 3. The minimum atomic E-state index is 0.164. The van der Waals surface area contributed by atoms with E-state index in [0.717, 1.165) is 25.3 Å². The maximum absolute atomic E-state index is 5.90. The summed E-state index contributed by atoms with van der Waals surface area (Å²) in [5, 5.41) is 3.56. The van der Waals surface area contributed by atoms with Crippen LogP contribution in [0.1, 0.15) is 5.56 Å². The molecule has 7 heteroatoms. The summed E-state index contributed by atoms with van der Waals surface area (Å²) in [4.78, 5) is 10.5. The molecule has 0 amide bonds. The van der Waals surface area contributed by atoms with Gasteiger partial charge in [-0.05, 0) is 17.7 Å². The number of nitrogens with zero attached hydrogens (tertiary/aromatic N) is 3. The number of thioether (sulfide) groups is 1. The molecule has 0 spiro atoms. The lowest BCUT2D eigenvalue weighted by atomic mass is 10.2. The summed E-state index contributed by atoms with van der Waals surface area (Å²) in [6, 6.07) is 9.99. The van der Waals surface area contributed by atoms with Gasteiger partial charge in [0.2, 0.25) is 5.95 Å². The Kier molecular flexibility index (Phi) is 5.02. The maximum atomic E-state index is 5.90. The highest BCUT2D eigenvalue weighted by molar-refractivity contribution is 7.99. The van der Waals surface area contributed by atoms with Crippen molar-refractivity contribution < 1.29 is 0 Å². The molecular formula is C15H18ClN5S. The number of nitrogens with two attached hydrogens (primary N) is 1. The Balaban J connectivity index is 1.70. The maximum Gasteiger partial charge on any atom is 0.223 e.